The van der Waals surface area contributed by atoms with Gasteiger partial charge in [-0.05, 0) is 60.1 Å². The van der Waals surface area contributed by atoms with Crippen molar-refractivity contribution in [1.29, 1.82) is 0 Å². The van der Waals surface area contributed by atoms with Gasteiger partial charge >= 0.3 is 0 Å². The van der Waals surface area contributed by atoms with Crippen molar-refractivity contribution in [3.05, 3.63) is 106 Å². The van der Waals surface area contributed by atoms with E-state index in [4.69, 9.17) is 4.98 Å². The van der Waals surface area contributed by atoms with E-state index in [0.29, 0.717) is 36.1 Å². The minimum Gasteiger partial charge on any atom is -0.332 e. The largest absolute Gasteiger partial charge is 0.332 e. The SMILES string of the molecule is CCc1ccc(-n2c(C(CC)N(CCc3ccccc3)C(=O)CC(C)(C)C)nc3ccccc3c2=O)cc1. The number of fused-ring (bicyclic) bond motifs is 1. The van der Waals surface area contributed by atoms with Crippen molar-refractivity contribution in [2.45, 2.75) is 66.3 Å². The van der Waals surface area contributed by atoms with Gasteiger partial charge in [0.25, 0.3) is 5.56 Å². The summed E-state index contributed by atoms with van der Waals surface area (Å²) < 4.78 is 1.72. The Kier molecular flexibility index (Phi) is 8.45. The van der Waals surface area contributed by atoms with Gasteiger partial charge in [0.15, 0.2) is 0 Å². The summed E-state index contributed by atoms with van der Waals surface area (Å²) in [7, 11) is 0. The van der Waals surface area contributed by atoms with Crippen LogP contribution in [0.1, 0.15) is 70.5 Å². The number of amides is 1. The Morgan fingerprint density at radius 3 is 2.18 bits per heavy atom. The number of para-hydroxylation sites is 1. The van der Waals surface area contributed by atoms with E-state index >= 15 is 0 Å². The van der Waals surface area contributed by atoms with Crippen molar-refractivity contribution in [2.24, 2.45) is 5.41 Å². The zero-order valence-electron chi connectivity index (χ0n) is 23.3. The predicted molar refractivity (Wildman–Crippen MR) is 156 cm³/mol. The van der Waals surface area contributed by atoms with Gasteiger partial charge in [-0.15, -0.1) is 0 Å². The van der Waals surface area contributed by atoms with Crippen LogP contribution >= 0.6 is 0 Å². The second-order valence-electron chi connectivity index (χ2n) is 11.1. The van der Waals surface area contributed by atoms with Gasteiger partial charge in [0.05, 0.1) is 22.6 Å². The Bertz CT molecular complexity index is 1430. The Labute approximate surface area is 226 Å². The lowest BCUT2D eigenvalue weighted by molar-refractivity contribution is -0.136. The molecule has 0 radical (unpaired) electrons. The van der Waals surface area contributed by atoms with Crippen molar-refractivity contribution in [1.82, 2.24) is 14.5 Å². The third kappa shape index (κ3) is 6.21. The molecule has 1 atom stereocenters. The molecule has 0 N–H and O–H groups in total. The van der Waals surface area contributed by atoms with Gasteiger partial charge in [0.2, 0.25) is 5.91 Å². The van der Waals surface area contributed by atoms with Crippen LogP contribution in [0.4, 0.5) is 0 Å². The Morgan fingerprint density at radius 2 is 1.55 bits per heavy atom. The van der Waals surface area contributed by atoms with Crippen LogP contribution in [-0.2, 0) is 17.6 Å². The van der Waals surface area contributed by atoms with Gasteiger partial charge in [0, 0.05) is 13.0 Å². The molecular formula is C33H39N3O2. The van der Waals surface area contributed by atoms with E-state index < -0.39 is 0 Å². The van der Waals surface area contributed by atoms with E-state index in [9.17, 15) is 9.59 Å². The molecule has 0 aliphatic rings. The molecule has 198 valence electrons. The summed E-state index contributed by atoms with van der Waals surface area (Å²) >= 11 is 0. The Hall–Kier alpha value is -3.73. The number of aryl methyl sites for hydroxylation is 1. The molecule has 0 aliphatic heterocycles. The zero-order chi connectivity index (χ0) is 27.3. The highest BCUT2D eigenvalue weighted by Gasteiger charge is 2.31. The highest BCUT2D eigenvalue weighted by atomic mass is 16.2. The highest BCUT2D eigenvalue weighted by molar-refractivity contribution is 5.79. The van der Waals surface area contributed by atoms with Crippen LogP contribution in [0.2, 0.25) is 0 Å². The molecule has 1 amide bonds. The van der Waals surface area contributed by atoms with Crippen LogP contribution in [0.25, 0.3) is 16.6 Å². The molecule has 5 nitrogen and oxygen atoms in total. The maximum atomic E-state index is 13.9. The number of nitrogens with zero attached hydrogens (tertiary/aromatic N) is 3. The van der Waals surface area contributed by atoms with E-state index in [-0.39, 0.29) is 22.9 Å². The summed E-state index contributed by atoms with van der Waals surface area (Å²) in [6.45, 7) is 11.0. The average Bonchev–Trinajstić information content (AvgIpc) is 2.91. The highest BCUT2D eigenvalue weighted by Crippen LogP contribution is 2.29. The smallest absolute Gasteiger partial charge is 0.266 e. The van der Waals surface area contributed by atoms with E-state index in [0.717, 1.165) is 18.5 Å². The van der Waals surface area contributed by atoms with E-state index in [1.807, 2.05) is 59.5 Å². The van der Waals surface area contributed by atoms with Crippen LogP contribution in [-0.4, -0.2) is 26.9 Å². The first-order valence-electron chi connectivity index (χ1n) is 13.7. The molecule has 0 saturated heterocycles. The third-order valence-corrected chi connectivity index (χ3v) is 6.95. The van der Waals surface area contributed by atoms with Crippen LogP contribution in [0.15, 0.2) is 83.7 Å². The molecular weight excluding hydrogens is 470 g/mol. The molecule has 38 heavy (non-hydrogen) atoms. The van der Waals surface area contributed by atoms with Gasteiger partial charge < -0.3 is 4.90 Å². The van der Waals surface area contributed by atoms with Crippen LogP contribution in [0.5, 0.6) is 0 Å². The minimum atomic E-state index is -0.350. The molecule has 1 aromatic heterocycles. The van der Waals surface area contributed by atoms with Crippen LogP contribution in [0.3, 0.4) is 0 Å². The number of hydrogen-bond acceptors (Lipinski definition) is 3. The summed E-state index contributed by atoms with van der Waals surface area (Å²) in [5.74, 6) is 0.686. The second-order valence-corrected chi connectivity index (χ2v) is 11.1. The van der Waals surface area contributed by atoms with E-state index in [1.54, 1.807) is 4.57 Å². The number of carbonyl (C=O) groups excluding carboxylic acids is 1. The number of hydrogen-bond donors (Lipinski definition) is 0. The first-order valence-corrected chi connectivity index (χ1v) is 13.7. The van der Waals surface area contributed by atoms with Crippen molar-refractivity contribution in [2.75, 3.05) is 6.54 Å². The maximum absolute atomic E-state index is 13.9. The molecule has 4 aromatic rings. The normalized spacial score (nSPS) is 12.4. The van der Waals surface area contributed by atoms with Gasteiger partial charge in [-0.25, -0.2) is 4.98 Å². The monoisotopic (exact) mass is 509 g/mol. The predicted octanol–water partition coefficient (Wildman–Crippen LogP) is 6.91. The molecule has 0 saturated carbocycles. The number of benzene rings is 3. The lowest BCUT2D eigenvalue weighted by Gasteiger charge is -2.34. The standard InChI is InChI=1S/C33H39N3O2/c1-6-24-17-19-26(20-18-24)36-31(34-28-16-12-11-15-27(28)32(36)38)29(7-2)35(30(37)23-33(3,4)5)22-21-25-13-9-8-10-14-25/h8-20,29H,6-7,21-23H2,1-5H3. The van der Waals surface area contributed by atoms with E-state index in [2.05, 4.69) is 58.9 Å². The maximum Gasteiger partial charge on any atom is 0.266 e. The van der Waals surface area contributed by atoms with Gasteiger partial charge in [-0.3, -0.25) is 14.2 Å². The van der Waals surface area contributed by atoms with Crippen molar-refractivity contribution < 1.29 is 4.79 Å². The lowest BCUT2D eigenvalue weighted by atomic mass is 9.91. The molecule has 0 spiro atoms. The molecule has 0 bridgehead atoms. The fourth-order valence-corrected chi connectivity index (χ4v) is 4.95. The van der Waals surface area contributed by atoms with Crippen LogP contribution < -0.4 is 5.56 Å². The Morgan fingerprint density at radius 1 is 0.895 bits per heavy atom. The minimum absolute atomic E-state index is 0.0792. The summed E-state index contributed by atoms with van der Waals surface area (Å²) in [5.41, 5.74) is 3.53. The zero-order valence-corrected chi connectivity index (χ0v) is 23.3. The summed E-state index contributed by atoms with van der Waals surface area (Å²) in [4.78, 5) is 34.8. The van der Waals surface area contributed by atoms with Gasteiger partial charge in [0.1, 0.15) is 5.82 Å². The van der Waals surface area contributed by atoms with Gasteiger partial charge in [-0.1, -0.05) is 89.2 Å². The van der Waals surface area contributed by atoms with Crippen molar-refractivity contribution in [3.8, 4) is 5.69 Å². The van der Waals surface area contributed by atoms with Crippen LogP contribution in [0, 0.1) is 5.41 Å². The number of aromatic nitrogens is 2. The first kappa shape index (κ1) is 27.3. The van der Waals surface area contributed by atoms with E-state index in [1.165, 1.54) is 11.1 Å². The molecule has 1 unspecified atom stereocenters. The molecule has 0 fully saturated rings. The fourth-order valence-electron chi connectivity index (χ4n) is 4.95. The van der Waals surface area contributed by atoms with Crippen molar-refractivity contribution >= 4 is 16.8 Å². The second kappa shape index (κ2) is 11.8. The number of rotatable bonds is 9. The molecule has 1 heterocycles. The summed E-state index contributed by atoms with van der Waals surface area (Å²) in [6, 6.07) is 25.4. The lowest BCUT2D eigenvalue weighted by Crippen LogP contribution is -2.41. The Balaban J connectivity index is 1.87. The summed E-state index contributed by atoms with van der Waals surface area (Å²) in [5, 5.41) is 0.572. The average molecular weight is 510 g/mol. The molecule has 3 aromatic carbocycles. The van der Waals surface area contributed by atoms with Gasteiger partial charge in [-0.2, -0.15) is 0 Å². The molecule has 0 aliphatic carbocycles. The fraction of sp³-hybridized carbons (Fsp3) is 0.364. The topological polar surface area (TPSA) is 55.2 Å². The summed E-state index contributed by atoms with van der Waals surface area (Å²) in [6.07, 6.45) is 2.71. The first-order chi connectivity index (χ1) is 18.2. The molecule has 4 rings (SSSR count). The van der Waals surface area contributed by atoms with Crippen molar-refractivity contribution in [3.63, 3.8) is 0 Å². The number of carbonyl (C=O) groups is 1. The molecule has 5 heteroatoms. The quantitative estimate of drug-likeness (QED) is 0.246. The third-order valence-electron chi connectivity index (χ3n) is 6.95.